The van der Waals surface area contributed by atoms with E-state index in [1.54, 1.807) is 12.1 Å². The lowest BCUT2D eigenvalue weighted by atomic mass is 10.2. The van der Waals surface area contributed by atoms with Crippen molar-refractivity contribution in [2.75, 3.05) is 13.1 Å². The second-order valence-corrected chi connectivity index (χ2v) is 5.77. The molecule has 0 radical (unpaired) electrons. The molecule has 1 aromatic rings. The minimum absolute atomic E-state index is 0.110. The van der Waals surface area contributed by atoms with Crippen LogP contribution < -0.4 is 10.1 Å². The van der Waals surface area contributed by atoms with Crippen molar-refractivity contribution in [1.82, 2.24) is 5.32 Å². The lowest BCUT2D eigenvalue weighted by molar-refractivity contribution is 0.166. The third kappa shape index (κ3) is 3.36. The zero-order valence-electron chi connectivity index (χ0n) is 10.8. The Morgan fingerprint density at radius 1 is 1.44 bits per heavy atom. The van der Waals surface area contributed by atoms with Crippen molar-refractivity contribution in [2.45, 2.75) is 32.3 Å². The van der Waals surface area contributed by atoms with E-state index in [0.29, 0.717) is 5.92 Å². The molecule has 0 unspecified atom stereocenters. The van der Waals surface area contributed by atoms with Gasteiger partial charge in [0.2, 0.25) is 0 Å². The van der Waals surface area contributed by atoms with E-state index in [1.807, 2.05) is 0 Å². The molecule has 18 heavy (non-hydrogen) atoms. The van der Waals surface area contributed by atoms with Gasteiger partial charge in [-0.2, -0.15) is 0 Å². The molecule has 0 heterocycles. The topological polar surface area (TPSA) is 21.3 Å². The lowest BCUT2D eigenvalue weighted by Gasteiger charge is -2.20. The minimum atomic E-state index is -0.464. The molecule has 1 aliphatic carbocycles. The van der Waals surface area contributed by atoms with Crippen LogP contribution in [0.5, 0.6) is 5.75 Å². The van der Waals surface area contributed by atoms with E-state index in [1.165, 1.54) is 6.07 Å². The van der Waals surface area contributed by atoms with Gasteiger partial charge < -0.3 is 10.1 Å². The van der Waals surface area contributed by atoms with Crippen molar-refractivity contribution >= 4 is 11.6 Å². The second-order valence-electron chi connectivity index (χ2n) is 5.36. The first-order valence-corrected chi connectivity index (χ1v) is 6.74. The zero-order valence-corrected chi connectivity index (χ0v) is 11.6. The van der Waals surface area contributed by atoms with Crippen LogP contribution in [0.2, 0.25) is 5.02 Å². The molecule has 1 aliphatic rings. The van der Waals surface area contributed by atoms with Gasteiger partial charge in [0.05, 0.1) is 5.02 Å². The summed E-state index contributed by atoms with van der Waals surface area (Å²) in [6.07, 6.45) is 1.92. The highest BCUT2D eigenvalue weighted by atomic mass is 35.5. The van der Waals surface area contributed by atoms with Crippen molar-refractivity contribution in [3.05, 3.63) is 29.0 Å². The standard InChI is InChI=1S/C14H19ClFNO/c1-10(2)8-17-9-14(6-7-14)18-12-5-3-4-11(15)13(12)16/h3-5,10,17H,6-9H2,1-2H3. The summed E-state index contributed by atoms with van der Waals surface area (Å²) in [4.78, 5) is 0. The summed E-state index contributed by atoms with van der Waals surface area (Å²) in [5.41, 5.74) is -0.236. The van der Waals surface area contributed by atoms with Gasteiger partial charge >= 0.3 is 0 Å². The van der Waals surface area contributed by atoms with Crippen LogP contribution in [-0.2, 0) is 0 Å². The summed E-state index contributed by atoms with van der Waals surface area (Å²) in [6, 6.07) is 4.86. The number of rotatable bonds is 6. The Balaban J connectivity index is 1.94. The van der Waals surface area contributed by atoms with Gasteiger partial charge in [-0.15, -0.1) is 0 Å². The number of halogens is 2. The van der Waals surface area contributed by atoms with Crippen LogP contribution in [0.3, 0.4) is 0 Å². The molecule has 1 fully saturated rings. The molecule has 100 valence electrons. The minimum Gasteiger partial charge on any atom is -0.483 e. The van der Waals surface area contributed by atoms with E-state index in [2.05, 4.69) is 19.2 Å². The van der Waals surface area contributed by atoms with Crippen LogP contribution in [0.25, 0.3) is 0 Å². The maximum absolute atomic E-state index is 13.7. The molecule has 4 heteroatoms. The molecule has 1 aromatic carbocycles. The summed E-state index contributed by atoms with van der Waals surface area (Å²) < 4.78 is 19.5. The Morgan fingerprint density at radius 3 is 2.78 bits per heavy atom. The van der Waals surface area contributed by atoms with Crippen LogP contribution in [0, 0.1) is 11.7 Å². The van der Waals surface area contributed by atoms with Gasteiger partial charge in [-0.3, -0.25) is 0 Å². The molecule has 1 saturated carbocycles. The summed E-state index contributed by atoms with van der Waals surface area (Å²) in [5.74, 6) is 0.393. The van der Waals surface area contributed by atoms with Crippen LogP contribution in [-0.4, -0.2) is 18.7 Å². The Labute approximate surface area is 112 Å². The molecule has 1 N–H and O–H groups in total. The molecular formula is C14H19ClFNO. The molecule has 2 nitrogen and oxygen atoms in total. The highest BCUT2D eigenvalue weighted by Crippen LogP contribution is 2.41. The highest BCUT2D eigenvalue weighted by molar-refractivity contribution is 6.30. The van der Waals surface area contributed by atoms with Gasteiger partial charge in [0.25, 0.3) is 0 Å². The fraction of sp³-hybridized carbons (Fsp3) is 0.571. The SMILES string of the molecule is CC(C)CNCC1(Oc2cccc(Cl)c2F)CC1. The van der Waals surface area contributed by atoms with Gasteiger partial charge in [-0.1, -0.05) is 31.5 Å². The number of hydrogen-bond acceptors (Lipinski definition) is 2. The smallest absolute Gasteiger partial charge is 0.183 e. The largest absolute Gasteiger partial charge is 0.483 e. The lowest BCUT2D eigenvalue weighted by Crippen LogP contribution is -2.35. The van der Waals surface area contributed by atoms with Crippen molar-refractivity contribution in [2.24, 2.45) is 5.92 Å². The van der Waals surface area contributed by atoms with Crippen LogP contribution in [0.4, 0.5) is 4.39 Å². The van der Waals surface area contributed by atoms with Crippen molar-refractivity contribution in [3.8, 4) is 5.75 Å². The van der Waals surface area contributed by atoms with Gasteiger partial charge in [0.15, 0.2) is 11.6 Å². The van der Waals surface area contributed by atoms with Crippen molar-refractivity contribution in [1.29, 1.82) is 0 Å². The van der Waals surface area contributed by atoms with E-state index in [4.69, 9.17) is 16.3 Å². The van der Waals surface area contributed by atoms with Crippen LogP contribution >= 0.6 is 11.6 Å². The first-order chi connectivity index (χ1) is 8.52. The Kier molecular flexibility index (Phi) is 4.13. The van der Waals surface area contributed by atoms with Crippen molar-refractivity contribution in [3.63, 3.8) is 0 Å². The first kappa shape index (κ1) is 13.6. The number of benzene rings is 1. The summed E-state index contributed by atoms with van der Waals surface area (Å²) in [6.45, 7) is 6.02. The maximum Gasteiger partial charge on any atom is 0.183 e. The van der Waals surface area contributed by atoms with E-state index in [-0.39, 0.29) is 16.4 Å². The Hall–Kier alpha value is -0.800. The van der Waals surface area contributed by atoms with E-state index in [9.17, 15) is 4.39 Å². The number of hydrogen-bond donors (Lipinski definition) is 1. The van der Waals surface area contributed by atoms with Gasteiger partial charge in [0.1, 0.15) is 5.60 Å². The Morgan fingerprint density at radius 2 is 2.17 bits per heavy atom. The summed E-state index contributed by atoms with van der Waals surface area (Å²) in [7, 11) is 0. The van der Waals surface area contributed by atoms with E-state index < -0.39 is 5.82 Å². The van der Waals surface area contributed by atoms with E-state index >= 15 is 0 Å². The molecule has 0 atom stereocenters. The summed E-state index contributed by atoms with van der Waals surface area (Å²) >= 11 is 5.74. The van der Waals surface area contributed by atoms with Gasteiger partial charge in [-0.05, 0) is 37.4 Å². The summed E-state index contributed by atoms with van der Waals surface area (Å²) in [5, 5.41) is 3.47. The number of ether oxygens (including phenoxy) is 1. The molecule has 0 aromatic heterocycles. The normalized spacial score (nSPS) is 16.9. The fourth-order valence-corrected chi connectivity index (χ4v) is 2.00. The molecule has 0 aliphatic heterocycles. The van der Waals surface area contributed by atoms with Crippen LogP contribution in [0.1, 0.15) is 26.7 Å². The molecule has 0 spiro atoms. The Bertz CT molecular complexity index is 418. The predicted molar refractivity (Wildman–Crippen MR) is 71.7 cm³/mol. The van der Waals surface area contributed by atoms with Gasteiger partial charge in [-0.25, -0.2) is 4.39 Å². The third-order valence-corrected chi connectivity index (χ3v) is 3.34. The molecule has 0 amide bonds. The fourth-order valence-electron chi connectivity index (χ4n) is 1.84. The molecule has 0 bridgehead atoms. The average Bonchev–Trinajstić information content (AvgIpc) is 3.05. The third-order valence-electron chi connectivity index (χ3n) is 3.05. The maximum atomic E-state index is 13.7. The monoisotopic (exact) mass is 271 g/mol. The average molecular weight is 272 g/mol. The second kappa shape index (κ2) is 5.45. The molecule has 2 rings (SSSR count). The van der Waals surface area contributed by atoms with E-state index in [0.717, 1.165) is 25.9 Å². The molecule has 0 saturated heterocycles. The zero-order chi connectivity index (χ0) is 13.2. The predicted octanol–water partition coefficient (Wildman–Crippen LogP) is 3.64. The van der Waals surface area contributed by atoms with Crippen LogP contribution in [0.15, 0.2) is 18.2 Å². The van der Waals surface area contributed by atoms with Gasteiger partial charge in [0, 0.05) is 6.54 Å². The van der Waals surface area contributed by atoms with Crippen molar-refractivity contribution < 1.29 is 9.13 Å². The first-order valence-electron chi connectivity index (χ1n) is 6.36. The number of nitrogens with one attached hydrogen (secondary N) is 1. The quantitative estimate of drug-likeness (QED) is 0.853. The molecular weight excluding hydrogens is 253 g/mol. The highest BCUT2D eigenvalue weighted by Gasteiger charge is 2.45.